The molecule has 0 unspecified atom stereocenters. The van der Waals surface area contributed by atoms with Crippen LogP contribution in [0.4, 0.5) is 11.4 Å². The van der Waals surface area contributed by atoms with Crippen LogP contribution in [0.25, 0.3) is 11.1 Å². The first-order valence-electron chi connectivity index (χ1n) is 10.5. The molecule has 0 spiro atoms. The maximum Gasteiger partial charge on any atom is 0.231 e. The van der Waals surface area contributed by atoms with Crippen LogP contribution in [0.2, 0.25) is 0 Å². The molecule has 1 fully saturated rings. The number of hydrogen-bond donors (Lipinski definition) is 1. The van der Waals surface area contributed by atoms with Crippen molar-refractivity contribution in [3.05, 3.63) is 83.4 Å². The molecular weight excluding hydrogens is 372 g/mol. The van der Waals surface area contributed by atoms with Gasteiger partial charge in [-0.25, -0.2) is 0 Å². The number of rotatable bonds is 6. The number of hydrogen-bond acceptors (Lipinski definition) is 3. The van der Waals surface area contributed by atoms with Crippen LogP contribution in [0.3, 0.4) is 0 Å². The zero-order chi connectivity index (χ0) is 20.7. The molecule has 3 aromatic rings. The molecule has 150 valence electrons. The highest BCUT2D eigenvalue weighted by Gasteiger charge is 2.33. The van der Waals surface area contributed by atoms with Gasteiger partial charge in [0.05, 0.1) is 6.42 Å². The minimum Gasteiger partial charge on any atom is -0.398 e. The van der Waals surface area contributed by atoms with E-state index < -0.39 is 0 Å². The number of carbonyl (C=O) groups excluding carboxylic acids is 2. The molecular formula is C26H24N2O2. The smallest absolute Gasteiger partial charge is 0.231 e. The number of Topliss-reactive ketones (excluding diaryl/α,β-unsaturated/α-hetero) is 1. The van der Waals surface area contributed by atoms with Gasteiger partial charge >= 0.3 is 0 Å². The van der Waals surface area contributed by atoms with Gasteiger partial charge in [-0.15, -0.1) is 0 Å². The predicted octanol–water partition coefficient (Wildman–Crippen LogP) is 4.66. The first-order valence-corrected chi connectivity index (χ1v) is 10.5. The Bertz CT molecular complexity index is 1130. The molecule has 0 radical (unpaired) electrons. The normalized spacial score (nSPS) is 15.3. The van der Waals surface area contributed by atoms with Gasteiger partial charge in [-0.1, -0.05) is 36.4 Å². The van der Waals surface area contributed by atoms with E-state index in [1.54, 1.807) is 0 Å². The van der Waals surface area contributed by atoms with Crippen molar-refractivity contribution in [2.75, 3.05) is 17.2 Å². The Morgan fingerprint density at radius 1 is 0.967 bits per heavy atom. The minimum absolute atomic E-state index is 0.0165. The third kappa shape index (κ3) is 3.61. The molecule has 4 heteroatoms. The SMILES string of the molecule is Nc1ccc(-c2ccccc2)cc1CC(=O)c1ccc2c(c1)CC(=O)N2CC1CC1. The highest BCUT2D eigenvalue weighted by atomic mass is 16.2. The Kier molecular flexibility index (Phi) is 4.62. The largest absolute Gasteiger partial charge is 0.398 e. The summed E-state index contributed by atoms with van der Waals surface area (Å²) in [4.78, 5) is 27.3. The number of carbonyl (C=O) groups is 2. The van der Waals surface area contributed by atoms with Crippen LogP contribution in [-0.4, -0.2) is 18.2 Å². The summed E-state index contributed by atoms with van der Waals surface area (Å²) in [7, 11) is 0. The van der Waals surface area contributed by atoms with E-state index in [4.69, 9.17) is 5.73 Å². The fourth-order valence-corrected chi connectivity index (χ4v) is 4.16. The maximum atomic E-state index is 13.0. The first-order chi connectivity index (χ1) is 14.6. The fourth-order valence-electron chi connectivity index (χ4n) is 4.16. The minimum atomic E-state index is 0.0165. The Hall–Kier alpha value is -3.40. The van der Waals surface area contributed by atoms with E-state index in [0.717, 1.165) is 34.5 Å². The summed E-state index contributed by atoms with van der Waals surface area (Å²) in [6.45, 7) is 0.807. The highest BCUT2D eigenvalue weighted by molar-refractivity contribution is 6.04. The average Bonchev–Trinajstić information content (AvgIpc) is 3.53. The molecule has 5 rings (SSSR count). The fraction of sp³-hybridized carbons (Fsp3) is 0.231. The van der Waals surface area contributed by atoms with Gasteiger partial charge in [0.1, 0.15) is 0 Å². The Labute approximate surface area is 176 Å². The summed E-state index contributed by atoms with van der Waals surface area (Å²) >= 11 is 0. The Balaban J connectivity index is 1.37. The van der Waals surface area contributed by atoms with E-state index in [-0.39, 0.29) is 18.1 Å². The van der Waals surface area contributed by atoms with Crippen molar-refractivity contribution in [1.82, 2.24) is 0 Å². The molecule has 0 aromatic heterocycles. The van der Waals surface area contributed by atoms with Gasteiger partial charge in [0.25, 0.3) is 0 Å². The van der Waals surface area contributed by atoms with E-state index >= 15 is 0 Å². The summed E-state index contributed by atoms with van der Waals surface area (Å²) < 4.78 is 0. The number of nitrogens with zero attached hydrogens (tertiary/aromatic N) is 1. The van der Waals surface area contributed by atoms with Gasteiger partial charge in [0.2, 0.25) is 5.91 Å². The van der Waals surface area contributed by atoms with Gasteiger partial charge in [-0.05, 0) is 71.3 Å². The molecule has 0 saturated heterocycles. The molecule has 3 aromatic carbocycles. The molecule has 1 amide bonds. The molecule has 4 nitrogen and oxygen atoms in total. The van der Waals surface area contributed by atoms with Gasteiger partial charge in [0.15, 0.2) is 5.78 Å². The van der Waals surface area contributed by atoms with E-state index in [9.17, 15) is 9.59 Å². The second kappa shape index (κ2) is 7.45. The van der Waals surface area contributed by atoms with E-state index in [1.165, 1.54) is 12.8 Å². The third-order valence-corrected chi connectivity index (χ3v) is 6.07. The number of nitrogen functional groups attached to an aromatic ring is 1. The lowest BCUT2D eigenvalue weighted by atomic mass is 9.96. The molecule has 1 saturated carbocycles. The quantitative estimate of drug-likeness (QED) is 0.487. The van der Waals surface area contributed by atoms with Crippen molar-refractivity contribution in [1.29, 1.82) is 0 Å². The van der Waals surface area contributed by atoms with Gasteiger partial charge in [-0.2, -0.15) is 0 Å². The molecule has 0 atom stereocenters. The molecule has 0 bridgehead atoms. The first kappa shape index (κ1) is 18.6. The molecule has 2 aliphatic rings. The van der Waals surface area contributed by atoms with Gasteiger partial charge in [0, 0.05) is 29.9 Å². The Morgan fingerprint density at radius 2 is 1.77 bits per heavy atom. The maximum absolute atomic E-state index is 13.0. The van der Waals surface area contributed by atoms with Crippen molar-refractivity contribution in [2.45, 2.75) is 25.7 Å². The third-order valence-electron chi connectivity index (χ3n) is 6.07. The topological polar surface area (TPSA) is 63.4 Å². The van der Waals surface area contributed by atoms with Crippen molar-refractivity contribution >= 4 is 23.1 Å². The summed E-state index contributed by atoms with van der Waals surface area (Å²) in [5, 5.41) is 0. The molecule has 1 aliphatic heterocycles. The lowest BCUT2D eigenvalue weighted by molar-refractivity contribution is -0.117. The number of fused-ring (bicyclic) bond motifs is 1. The molecule has 30 heavy (non-hydrogen) atoms. The van der Waals surface area contributed by atoms with Crippen LogP contribution in [0.1, 0.15) is 34.3 Å². The van der Waals surface area contributed by atoms with Crippen LogP contribution >= 0.6 is 0 Å². The van der Waals surface area contributed by atoms with Crippen LogP contribution in [0.5, 0.6) is 0 Å². The second-order valence-corrected chi connectivity index (χ2v) is 8.35. The number of benzene rings is 3. The zero-order valence-corrected chi connectivity index (χ0v) is 16.8. The monoisotopic (exact) mass is 396 g/mol. The summed E-state index contributed by atoms with van der Waals surface area (Å²) in [6, 6.07) is 21.6. The lowest BCUT2D eigenvalue weighted by Crippen LogP contribution is -2.28. The number of nitrogens with two attached hydrogens (primary N) is 1. The summed E-state index contributed by atoms with van der Waals surface area (Å²) in [5.74, 6) is 0.796. The van der Waals surface area contributed by atoms with Crippen molar-refractivity contribution < 1.29 is 9.59 Å². The predicted molar refractivity (Wildman–Crippen MR) is 120 cm³/mol. The zero-order valence-electron chi connectivity index (χ0n) is 16.8. The highest BCUT2D eigenvalue weighted by Crippen LogP contribution is 2.36. The van der Waals surface area contributed by atoms with Gasteiger partial charge in [-0.3, -0.25) is 9.59 Å². The summed E-state index contributed by atoms with van der Waals surface area (Å²) in [6.07, 6.45) is 3.04. The molecule has 1 heterocycles. The second-order valence-electron chi connectivity index (χ2n) is 8.35. The molecule has 1 aliphatic carbocycles. The standard InChI is InChI=1S/C26H24N2O2/c27-23-10-8-19(18-4-2-1-3-5-18)12-21(23)14-25(29)20-9-11-24-22(13-20)15-26(30)28(24)16-17-6-7-17/h1-5,8-13,17H,6-7,14-16,27H2. The van der Waals surface area contributed by atoms with Crippen molar-refractivity contribution in [2.24, 2.45) is 5.92 Å². The summed E-state index contributed by atoms with van der Waals surface area (Å²) in [5.41, 5.74) is 12.3. The van der Waals surface area contributed by atoms with E-state index in [0.29, 0.717) is 23.6 Å². The van der Waals surface area contributed by atoms with Crippen LogP contribution < -0.4 is 10.6 Å². The van der Waals surface area contributed by atoms with Gasteiger partial charge < -0.3 is 10.6 Å². The van der Waals surface area contributed by atoms with Crippen LogP contribution in [0, 0.1) is 5.92 Å². The number of amides is 1. The lowest BCUT2D eigenvalue weighted by Gasteiger charge is -2.17. The van der Waals surface area contributed by atoms with E-state index in [2.05, 4.69) is 0 Å². The molecule has 2 N–H and O–H groups in total. The van der Waals surface area contributed by atoms with Crippen molar-refractivity contribution in [3.63, 3.8) is 0 Å². The van der Waals surface area contributed by atoms with Crippen LogP contribution in [0.15, 0.2) is 66.7 Å². The van der Waals surface area contributed by atoms with E-state index in [1.807, 2.05) is 71.6 Å². The Morgan fingerprint density at radius 3 is 2.53 bits per heavy atom. The number of anilines is 2. The van der Waals surface area contributed by atoms with Crippen LogP contribution in [-0.2, 0) is 17.6 Å². The average molecular weight is 396 g/mol. The van der Waals surface area contributed by atoms with Crippen molar-refractivity contribution in [3.8, 4) is 11.1 Å². The number of ketones is 1.